The number of nitrogens with two attached hydrogens (primary N) is 1. The second kappa shape index (κ2) is 38.7. The van der Waals surface area contributed by atoms with E-state index >= 15 is 0 Å². The molecule has 1 aromatic rings. The highest BCUT2D eigenvalue weighted by Gasteiger charge is 2.54. The first-order valence-electron chi connectivity index (χ1n) is 25.5. The maximum Gasteiger partial charge on any atom is 0.189 e. The maximum absolute atomic E-state index is 13.8. The van der Waals surface area contributed by atoms with Crippen LogP contribution in [0, 0.1) is 0 Å². The molecule has 1 aromatic carbocycles. The van der Waals surface area contributed by atoms with Gasteiger partial charge >= 0.3 is 0 Å². The van der Waals surface area contributed by atoms with Crippen molar-refractivity contribution in [3.05, 3.63) is 29.8 Å². The molecule has 8 nitrogen and oxygen atoms in total. The number of unbranched alkanes of at least 4 members (excludes halogenated alkanes) is 28. The number of aliphatic hydroxyl groups excluding tert-OH is 2. The third kappa shape index (κ3) is 25.8. The molecule has 360 valence electrons. The minimum atomic E-state index is -2.98. The number of anilines is 1. The van der Waals surface area contributed by atoms with Gasteiger partial charge in [0.2, 0.25) is 0 Å². The van der Waals surface area contributed by atoms with Gasteiger partial charge in [-0.15, -0.1) is 23.2 Å². The van der Waals surface area contributed by atoms with Crippen molar-refractivity contribution in [1.82, 2.24) is 0 Å². The number of hydrogen-bond donors (Lipinski definition) is 4. The molecule has 4 unspecified atom stereocenters. The minimum Gasteiger partial charge on any atom is -0.382 e. The van der Waals surface area contributed by atoms with Gasteiger partial charge in [-0.3, -0.25) is 14.4 Å². The Morgan fingerprint density at radius 1 is 0.548 bits per heavy atom. The predicted molar refractivity (Wildman–Crippen MR) is 263 cm³/mol. The molecule has 0 bridgehead atoms. The van der Waals surface area contributed by atoms with Crippen LogP contribution in [0.1, 0.15) is 225 Å². The van der Waals surface area contributed by atoms with Crippen molar-refractivity contribution in [1.29, 1.82) is 0 Å². The number of rotatable bonds is 45. The third-order valence-electron chi connectivity index (χ3n) is 12.7. The molecule has 1 rings (SSSR count). The highest BCUT2D eigenvalue weighted by atomic mass is 35.5. The standard InChI is InChI=1S/C52H92Cl2N2O6/c1-3-5-7-9-11-13-15-17-19-21-23-25-27-29-31-33-47(57)50(60)52(62,48(58)34-32-30-28-26-24-22-20-18-16-14-12-10-8-6-4-2)51(61)49(59)46(55)43-44-35-37-45(38-36-44)56(41-39-53)42-40-54/h35-38,46,50-51,60-62H,3-34,39-43,55H2,1-2H3. The first-order chi connectivity index (χ1) is 30.1. The van der Waals surface area contributed by atoms with Gasteiger partial charge in [0.05, 0.1) is 6.04 Å². The summed E-state index contributed by atoms with van der Waals surface area (Å²) in [7, 11) is 0. The number of nitrogens with zero attached hydrogens (tertiary/aromatic N) is 1. The number of ketones is 3. The van der Waals surface area contributed by atoms with Crippen LogP contribution in [0.4, 0.5) is 5.69 Å². The molecule has 0 spiro atoms. The van der Waals surface area contributed by atoms with E-state index in [9.17, 15) is 29.7 Å². The van der Waals surface area contributed by atoms with Gasteiger partial charge in [0.1, 0.15) is 0 Å². The monoisotopic (exact) mass is 911 g/mol. The largest absolute Gasteiger partial charge is 0.382 e. The maximum atomic E-state index is 13.8. The van der Waals surface area contributed by atoms with Crippen LogP contribution < -0.4 is 10.6 Å². The van der Waals surface area contributed by atoms with E-state index < -0.39 is 41.2 Å². The van der Waals surface area contributed by atoms with Crippen molar-refractivity contribution in [2.75, 3.05) is 29.7 Å². The van der Waals surface area contributed by atoms with Crippen molar-refractivity contribution in [3.8, 4) is 0 Å². The van der Waals surface area contributed by atoms with E-state index in [1.54, 1.807) is 0 Å². The van der Waals surface area contributed by atoms with E-state index in [1.165, 1.54) is 128 Å². The van der Waals surface area contributed by atoms with Crippen molar-refractivity contribution in [2.24, 2.45) is 5.73 Å². The van der Waals surface area contributed by atoms with Gasteiger partial charge in [-0.05, 0) is 37.0 Å². The zero-order valence-electron chi connectivity index (χ0n) is 39.6. The molecule has 0 radical (unpaired) electrons. The number of carbonyl (C=O) groups is 3. The van der Waals surface area contributed by atoms with Crippen molar-refractivity contribution >= 4 is 46.2 Å². The highest BCUT2D eigenvalue weighted by Crippen LogP contribution is 2.26. The van der Waals surface area contributed by atoms with Crippen LogP contribution in [0.2, 0.25) is 0 Å². The molecule has 0 aliphatic carbocycles. The Labute approximate surface area is 389 Å². The SMILES string of the molecule is CCCCCCCCCCCCCCCCCC(=O)C(O)C(O)(C(=O)CCCCCCCCCCCCCCCCC)C(O)C(=O)C(N)Cc1ccc(N(CCCl)CCCl)cc1. The van der Waals surface area contributed by atoms with Crippen LogP contribution in [-0.2, 0) is 20.8 Å². The van der Waals surface area contributed by atoms with E-state index in [0.717, 1.165) is 57.1 Å². The summed E-state index contributed by atoms with van der Waals surface area (Å²) in [5.74, 6) is -1.77. The molecule has 0 heterocycles. The molecule has 0 fully saturated rings. The number of aliphatic hydroxyl groups is 3. The van der Waals surface area contributed by atoms with E-state index in [1.807, 2.05) is 29.2 Å². The Bertz CT molecular complexity index is 1250. The number of benzene rings is 1. The van der Waals surface area contributed by atoms with Crippen molar-refractivity contribution in [2.45, 2.75) is 250 Å². The molecule has 0 aliphatic rings. The molecule has 0 aliphatic heterocycles. The molecular formula is C52H92Cl2N2O6. The molecule has 10 heteroatoms. The summed E-state index contributed by atoms with van der Waals surface area (Å²) in [4.78, 5) is 42.8. The van der Waals surface area contributed by atoms with Gasteiger partial charge in [0, 0.05) is 43.4 Å². The first-order valence-corrected chi connectivity index (χ1v) is 26.5. The van der Waals surface area contributed by atoms with Gasteiger partial charge in [-0.2, -0.15) is 0 Å². The molecule has 0 saturated heterocycles. The van der Waals surface area contributed by atoms with E-state index in [2.05, 4.69) is 13.8 Å². The van der Waals surface area contributed by atoms with Crippen molar-refractivity contribution in [3.63, 3.8) is 0 Å². The number of hydrogen-bond acceptors (Lipinski definition) is 8. The lowest BCUT2D eigenvalue weighted by Gasteiger charge is -2.35. The van der Waals surface area contributed by atoms with E-state index in [4.69, 9.17) is 28.9 Å². The molecule has 0 saturated carbocycles. The third-order valence-corrected chi connectivity index (χ3v) is 13.1. The van der Waals surface area contributed by atoms with Crippen LogP contribution in [0.5, 0.6) is 0 Å². The van der Waals surface area contributed by atoms with Crippen LogP contribution >= 0.6 is 23.2 Å². The Hall–Kier alpha value is -1.55. The van der Waals surface area contributed by atoms with Crippen molar-refractivity contribution < 1.29 is 29.7 Å². The second-order valence-electron chi connectivity index (χ2n) is 18.2. The number of Topliss-reactive ketones (excluding diaryl/α,β-unsaturated/α-hetero) is 3. The first kappa shape index (κ1) is 58.5. The molecule has 62 heavy (non-hydrogen) atoms. The van der Waals surface area contributed by atoms with Crippen LogP contribution in [0.3, 0.4) is 0 Å². The summed E-state index contributed by atoms with van der Waals surface area (Å²) in [6.07, 6.45) is 30.0. The Kier molecular flexibility index (Phi) is 36.5. The van der Waals surface area contributed by atoms with Gasteiger partial charge in [0.25, 0.3) is 0 Å². The summed E-state index contributed by atoms with van der Waals surface area (Å²) in [6.45, 7) is 5.73. The zero-order valence-corrected chi connectivity index (χ0v) is 41.1. The van der Waals surface area contributed by atoms with Crippen LogP contribution in [0.15, 0.2) is 24.3 Å². The molecule has 5 N–H and O–H groups in total. The molecular weight excluding hydrogens is 819 g/mol. The molecule has 0 aromatic heterocycles. The van der Waals surface area contributed by atoms with E-state index in [-0.39, 0.29) is 19.3 Å². The summed E-state index contributed by atoms with van der Waals surface area (Å²) >= 11 is 11.9. The van der Waals surface area contributed by atoms with Gasteiger partial charge < -0.3 is 26.0 Å². The zero-order chi connectivity index (χ0) is 45.7. The summed E-state index contributed by atoms with van der Waals surface area (Å²) in [5, 5.41) is 34.5. The lowest BCUT2D eigenvalue weighted by Crippen LogP contribution is -2.65. The highest BCUT2D eigenvalue weighted by molar-refractivity contribution is 6.18. The van der Waals surface area contributed by atoms with Crippen LogP contribution in [0.25, 0.3) is 0 Å². The Morgan fingerprint density at radius 2 is 0.887 bits per heavy atom. The van der Waals surface area contributed by atoms with E-state index in [0.29, 0.717) is 43.3 Å². The molecule has 0 amide bonds. The minimum absolute atomic E-state index is 0.0215. The fourth-order valence-electron chi connectivity index (χ4n) is 8.56. The lowest BCUT2D eigenvalue weighted by molar-refractivity contribution is -0.182. The fraction of sp³-hybridized carbons (Fsp3) is 0.827. The number of carbonyl (C=O) groups excluding carboxylic acids is 3. The number of halogens is 2. The molecule has 4 atom stereocenters. The normalized spacial score (nSPS) is 14.1. The Balaban J connectivity index is 2.72. The summed E-state index contributed by atoms with van der Waals surface area (Å²) in [5.41, 5.74) is 4.94. The second-order valence-corrected chi connectivity index (χ2v) is 18.9. The Morgan fingerprint density at radius 3 is 1.24 bits per heavy atom. The number of alkyl halides is 2. The summed E-state index contributed by atoms with van der Waals surface area (Å²) < 4.78 is 0. The average Bonchev–Trinajstić information content (AvgIpc) is 3.27. The van der Waals surface area contributed by atoms with Gasteiger partial charge in [-0.1, -0.05) is 206 Å². The average molecular weight is 912 g/mol. The predicted octanol–water partition coefficient (Wildman–Crippen LogP) is 12.5. The quantitative estimate of drug-likeness (QED) is 0.0374. The van der Waals surface area contributed by atoms with Crippen LogP contribution in [-0.4, -0.2) is 81.4 Å². The lowest BCUT2D eigenvalue weighted by atomic mass is 9.77. The fourth-order valence-corrected chi connectivity index (χ4v) is 8.96. The van der Waals surface area contributed by atoms with Gasteiger partial charge in [-0.25, -0.2) is 0 Å². The topological polar surface area (TPSA) is 141 Å². The summed E-state index contributed by atoms with van der Waals surface area (Å²) in [6, 6.07) is 6.08. The smallest absolute Gasteiger partial charge is 0.189 e. The van der Waals surface area contributed by atoms with Gasteiger partial charge in [0.15, 0.2) is 35.2 Å².